The van der Waals surface area contributed by atoms with Crippen LogP contribution in [0.2, 0.25) is 0 Å². The van der Waals surface area contributed by atoms with E-state index in [0.717, 1.165) is 30.9 Å². The van der Waals surface area contributed by atoms with E-state index in [4.69, 9.17) is 0 Å². The van der Waals surface area contributed by atoms with E-state index in [-0.39, 0.29) is 5.56 Å². The van der Waals surface area contributed by atoms with Crippen molar-refractivity contribution in [1.29, 1.82) is 0 Å². The maximum Gasteiger partial charge on any atom is 0.161 e. The molecule has 1 aliphatic rings. The average Bonchev–Trinajstić information content (AvgIpc) is 2.89. The van der Waals surface area contributed by atoms with Gasteiger partial charge >= 0.3 is 0 Å². The minimum absolute atomic E-state index is 0.113. The largest absolute Gasteiger partial charge is 0.207 e. The Morgan fingerprint density at radius 2 is 1.55 bits per heavy atom. The van der Waals surface area contributed by atoms with Gasteiger partial charge in [-0.3, -0.25) is 0 Å². The van der Waals surface area contributed by atoms with Gasteiger partial charge in [0.2, 0.25) is 0 Å². The third kappa shape index (κ3) is 2.37. The second-order valence-electron chi connectivity index (χ2n) is 5.03. The Kier molecular flexibility index (Phi) is 3.59. The molecule has 104 valence electrons. The van der Waals surface area contributed by atoms with Crippen LogP contribution < -0.4 is 0 Å². The van der Waals surface area contributed by atoms with Crippen LogP contribution in [0.3, 0.4) is 0 Å². The highest BCUT2D eigenvalue weighted by Gasteiger charge is 2.20. The summed E-state index contributed by atoms with van der Waals surface area (Å²) in [6.45, 7) is 0. The van der Waals surface area contributed by atoms with Gasteiger partial charge in [-0.1, -0.05) is 34.1 Å². The third-order valence-corrected chi connectivity index (χ3v) is 4.75. The second kappa shape index (κ2) is 5.24. The summed E-state index contributed by atoms with van der Waals surface area (Å²) in [6, 6.07) is 7.46. The Labute approximate surface area is 123 Å². The van der Waals surface area contributed by atoms with Crippen molar-refractivity contribution in [3.8, 4) is 0 Å². The Morgan fingerprint density at radius 3 is 2.35 bits per heavy atom. The Hall–Kier alpha value is -1.29. The molecule has 0 spiro atoms. The van der Waals surface area contributed by atoms with Crippen molar-refractivity contribution in [2.45, 2.75) is 24.1 Å². The molecule has 0 heterocycles. The van der Waals surface area contributed by atoms with E-state index in [1.807, 2.05) is 18.2 Å². The van der Waals surface area contributed by atoms with Crippen LogP contribution in [-0.4, -0.2) is 0 Å². The minimum Gasteiger partial charge on any atom is -0.207 e. The first-order valence-corrected chi connectivity index (χ1v) is 7.38. The summed E-state index contributed by atoms with van der Waals surface area (Å²) in [4.78, 5) is -0.483. The molecule has 1 atom stereocenters. The van der Waals surface area contributed by atoms with E-state index in [1.54, 1.807) is 0 Å². The summed E-state index contributed by atoms with van der Waals surface area (Å²) in [5.74, 6) is -2.95. The average molecular weight is 341 g/mol. The van der Waals surface area contributed by atoms with Gasteiger partial charge in [-0.2, -0.15) is 0 Å². The summed E-state index contributed by atoms with van der Waals surface area (Å²) < 4.78 is 40.1. The molecule has 0 aliphatic heterocycles. The molecular formula is C16H12BrF3. The van der Waals surface area contributed by atoms with Gasteiger partial charge in [0.1, 0.15) is 5.82 Å². The fraction of sp³-hybridized carbons (Fsp3) is 0.250. The van der Waals surface area contributed by atoms with Crippen LogP contribution in [0.4, 0.5) is 13.2 Å². The molecule has 0 saturated heterocycles. The third-order valence-electron chi connectivity index (χ3n) is 3.73. The van der Waals surface area contributed by atoms with E-state index in [2.05, 4.69) is 15.9 Å². The number of hydrogen-bond donors (Lipinski definition) is 0. The fourth-order valence-electron chi connectivity index (χ4n) is 2.66. The molecule has 0 fully saturated rings. The number of benzene rings is 2. The van der Waals surface area contributed by atoms with Gasteiger partial charge in [0.25, 0.3) is 0 Å². The predicted molar refractivity (Wildman–Crippen MR) is 75.6 cm³/mol. The van der Waals surface area contributed by atoms with Gasteiger partial charge in [-0.15, -0.1) is 0 Å². The molecule has 0 nitrogen and oxygen atoms in total. The number of alkyl halides is 1. The van der Waals surface area contributed by atoms with Gasteiger partial charge in [-0.05, 0) is 42.0 Å². The van der Waals surface area contributed by atoms with Crippen molar-refractivity contribution in [2.75, 3.05) is 0 Å². The fourth-order valence-corrected chi connectivity index (χ4v) is 3.30. The monoisotopic (exact) mass is 340 g/mol. The molecule has 0 aromatic heterocycles. The summed E-state index contributed by atoms with van der Waals surface area (Å²) in [7, 11) is 0. The molecular weight excluding hydrogens is 329 g/mol. The van der Waals surface area contributed by atoms with E-state index < -0.39 is 22.3 Å². The van der Waals surface area contributed by atoms with Crippen molar-refractivity contribution in [3.63, 3.8) is 0 Å². The predicted octanol–water partition coefficient (Wildman–Crippen LogP) is 5.08. The van der Waals surface area contributed by atoms with Gasteiger partial charge in [-0.25, -0.2) is 13.2 Å². The van der Waals surface area contributed by atoms with E-state index in [9.17, 15) is 13.2 Å². The van der Waals surface area contributed by atoms with Crippen molar-refractivity contribution in [2.24, 2.45) is 0 Å². The standard InChI is InChI=1S/C16H12BrF3/c17-16(12-7-14(19)15(20)8-13(12)18)11-5-4-9-2-1-3-10(9)6-11/h4-8,16H,1-3H2. The molecule has 0 bridgehead atoms. The van der Waals surface area contributed by atoms with E-state index >= 15 is 0 Å². The molecule has 0 N–H and O–H groups in total. The van der Waals surface area contributed by atoms with Crippen molar-refractivity contribution >= 4 is 15.9 Å². The van der Waals surface area contributed by atoms with Gasteiger partial charge in [0.05, 0.1) is 4.83 Å². The zero-order chi connectivity index (χ0) is 14.3. The lowest BCUT2D eigenvalue weighted by molar-refractivity contribution is 0.491. The number of hydrogen-bond acceptors (Lipinski definition) is 0. The highest BCUT2D eigenvalue weighted by molar-refractivity contribution is 9.09. The quantitative estimate of drug-likeness (QED) is 0.528. The summed E-state index contributed by atoms with van der Waals surface area (Å²) in [5, 5.41) is 0. The smallest absolute Gasteiger partial charge is 0.161 e. The van der Waals surface area contributed by atoms with Crippen LogP contribution in [-0.2, 0) is 12.8 Å². The first kappa shape index (κ1) is 13.7. The van der Waals surface area contributed by atoms with Crippen LogP contribution in [0, 0.1) is 17.5 Å². The topological polar surface area (TPSA) is 0 Å². The Bertz CT molecular complexity index is 667. The molecule has 1 aliphatic carbocycles. The summed E-state index contributed by atoms with van der Waals surface area (Å²) in [6.07, 6.45) is 3.22. The zero-order valence-corrected chi connectivity index (χ0v) is 12.2. The van der Waals surface area contributed by atoms with E-state index in [1.165, 1.54) is 11.1 Å². The lowest BCUT2D eigenvalue weighted by Crippen LogP contribution is -2.00. The Balaban J connectivity index is 2.00. The Morgan fingerprint density at radius 1 is 0.850 bits per heavy atom. The SMILES string of the molecule is Fc1cc(F)c(C(Br)c2ccc3c(c2)CCC3)cc1F. The molecule has 0 radical (unpaired) electrons. The number of rotatable bonds is 2. The van der Waals surface area contributed by atoms with Crippen molar-refractivity contribution < 1.29 is 13.2 Å². The van der Waals surface area contributed by atoms with Gasteiger partial charge in [0, 0.05) is 11.6 Å². The van der Waals surface area contributed by atoms with Crippen LogP contribution >= 0.6 is 15.9 Å². The molecule has 0 amide bonds. The molecule has 20 heavy (non-hydrogen) atoms. The summed E-state index contributed by atoms with van der Waals surface area (Å²) in [5.41, 5.74) is 3.55. The van der Waals surface area contributed by atoms with Crippen molar-refractivity contribution in [3.05, 3.63) is 70.0 Å². The van der Waals surface area contributed by atoms with Crippen LogP contribution in [0.25, 0.3) is 0 Å². The highest BCUT2D eigenvalue weighted by atomic mass is 79.9. The number of halogens is 4. The van der Waals surface area contributed by atoms with Crippen LogP contribution in [0.1, 0.15) is 33.5 Å². The molecule has 4 heteroatoms. The van der Waals surface area contributed by atoms with E-state index in [0.29, 0.717) is 6.07 Å². The van der Waals surface area contributed by atoms with Gasteiger partial charge < -0.3 is 0 Å². The van der Waals surface area contributed by atoms with Crippen LogP contribution in [0.15, 0.2) is 30.3 Å². The zero-order valence-electron chi connectivity index (χ0n) is 10.6. The minimum atomic E-state index is -1.17. The molecule has 1 unspecified atom stereocenters. The maximum absolute atomic E-state index is 13.8. The lowest BCUT2D eigenvalue weighted by atomic mass is 10.00. The molecule has 0 saturated carbocycles. The van der Waals surface area contributed by atoms with Crippen LogP contribution in [0.5, 0.6) is 0 Å². The summed E-state index contributed by atoms with van der Waals surface area (Å²) >= 11 is 3.38. The maximum atomic E-state index is 13.8. The molecule has 3 rings (SSSR count). The highest BCUT2D eigenvalue weighted by Crippen LogP contribution is 2.35. The molecule has 2 aromatic rings. The molecule has 2 aromatic carbocycles. The number of fused-ring (bicyclic) bond motifs is 1. The second-order valence-corrected chi connectivity index (χ2v) is 5.95. The van der Waals surface area contributed by atoms with Gasteiger partial charge in [0.15, 0.2) is 11.6 Å². The normalized spacial score (nSPS) is 15.2. The first-order chi connectivity index (χ1) is 9.56. The lowest BCUT2D eigenvalue weighted by Gasteiger charge is -2.14. The van der Waals surface area contributed by atoms with Crippen molar-refractivity contribution in [1.82, 2.24) is 0 Å². The first-order valence-electron chi connectivity index (χ1n) is 6.46. The number of aryl methyl sites for hydroxylation is 2.